The molecule has 1 amide bonds. The Hall–Kier alpha value is -2.01. The first-order valence-corrected chi connectivity index (χ1v) is 8.34. The first-order valence-electron chi connectivity index (χ1n) is 7.12. The maximum absolute atomic E-state index is 12.2. The number of hydrogen-bond acceptors (Lipinski definition) is 4. The summed E-state index contributed by atoms with van der Waals surface area (Å²) < 4.78 is 5.67. The molecule has 0 radical (unpaired) electrons. The second-order valence-corrected chi connectivity index (χ2v) is 5.80. The average molecular weight is 316 g/mol. The van der Waals surface area contributed by atoms with E-state index in [0.29, 0.717) is 5.75 Å². The lowest BCUT2D eigenvalue weighted by molar-refractivity contribution is -0.127. The largest absolute Gasteiger partial charge is 0.481 e. The molecule has 1 N–H and O–H groups in total. The van der Waals surface area contributed by atoms with Crippen LogP contribution in [0.5, 0.6) is 5.75 Å². The monoisotopic (exact) mass is 316 g/mol. The van der Waals surface area contributed by atoms with Crippen LogP contribution < -0.4 is 10.1 Å². The molecule has 2 atom stereocenters. The number of pyridine rings is 1. The van der Waals surface area contributed by atoms with E-state index in [-0.39, 0.29) is 11.9 Å². The van der Waals surface area contributed by atoms with Crippen LogP contribution in [-0.4, -0.2) is 23.3 Å². The van der Waals surface area contributed by atoms with Crippen LogP contribution in [0.3, 0.4) is 0 Å². The van der Waals surface area contributed by atoms with E-state index in [9.17, 15) is 4.79 Å². The fraction of sp³-hybridized carbons (Fsp3) is 0.294. The Bertz CT molecular complexity index is 602. The summed E-state index contributed by atoms with van der Waals surface area (Å²) in [5.74, 6) is 0.526. The van der Waals surface area contributed by atoms with Crippen molar-refractivity contribution >= 4 is 17.7 Å². The minimum absolute atomic E-state index is 0.154. The summed E-state index contributed by atoms with van der Waals surface area (Å²) in [6.45, 7) is 3.64. The van der Waals surface area contributed by atoms with E-state index in [0.717, 1.165) is 10.6 Å². The molecule has 4 nitrogen and oxygen atoms in total. The van der Waals surface area contributed by atoms with Gasteiger partial charge in [0.15, 0.2) is 6.10 Å². The van der Waals surface area contributed by atoms with E-state index < -0.39 is 6.10 Å². The number of carbonyl (C=O) groups is 1. The molecule has 2 aromatic rings. The van der Waals surface area contributed by atoms with Crippen LogP contribution in [0.2, 0.25) is 0 Å². The molecule has 5 heteroatoms. The van der Waals surface area contributed by atoms with Gasteiger partial charge in [0.2, 0.25) is 0 Å². The van der Waals surface area contributed by atoms with Crippen LogP contribution >= 0.6 is 11.8 Å². The standard InChI is InChI=1S/C17H20N2O2S/c1-12(16-6-4-5-11-18-16)19-17(20)13(2)21-14-7-9-15(22-3)10-8-14/h4-13H,1-3H3,(H,19,20)/t12-,13+/m0/s1. The smallest absolute Gasteiger partial charge is 0.261 e. The maximum atomic E-state index is 12.2. The fourth-order valence-electron chi connectivity index (χ4n) is 1.95. The minimum Gasteiger partial charge on any atom is -0.481 e. The predicted octanol–water partition coefficient (Wildman–Crippen LogP) is 3.45. The van der Waals surface area contributed by atoms with Crippen molar-refractivity contribution in [1.29, 1.82) is 0 Å². The lowest BCUT2D eigenvalue weighted by Gasteiger charge is -2.18. The van der Waals surface area contributed by atoms with Gasteiger partial charge in [0.05, 0.1) is 11.7 Å². The minimum atomic E-state index is -0.564. The lowest BCUT2D eigenvalue weighted by atomic mass is 10.2. The summed E-state index contributed by atoms with van der Waals surface area (Å²) in [5, 5.41) is 2.91. The first kappa shape index (κ1) is 16.4. The molecule has 116 valence electrons. The molecule has 0 aliphatic heterocycles. The third-order valence-corrected chi connectivity index (χ3v) is 3.98. The molecule has 0 aliphatic carbocycles. The number of ether oxygens (including phenoxy) is 1. The first-order chi connectivity index (χ1) is 10.6. The number of benzene rings is 1. The lowest BCUT2D eigenvalue weighted by Crippen LogP contribution is -2.38. The SMILES string of the molecule is CSc1ccc(O[C@H](C)C(=O)N[C@@H](C)c2ccccn2)cc1. The third kappa shape index (κ3) is 4.49. The molecule has 0 bridgehead atoms. The molecule has 1 aromatic heterocycles. The number of thioether (sulfide) groups is 1. The van der Waals surface area contributed by atoms with E-state index in [1.807, 2.05) is 55.6 Å². The van der Waals surface area contributed by atoms with Crippen LogP contribution in [0.4, 0.5) is 0 Å². The number of nitrogens with one attached hydrogen (secondary N) is 1. The van der Waals surface area contributed by atoms with Gasteiger partial charge in [-0.25, -0.2) is 0 Å². The van der Waals surface area contributed by atoms with Crippen molar-refractivity contribution in [3.63, 3.8) is 0 Å². The summed E-state index contributed by atoms with van der Waals surface area (Å²) in [4.78, 5) is 17.6. The molecule has 0 saturated heterocycles. The summed E-state index contributed by atoms with van der Waals surface area (Å²) in [5.41, 5.74) is 0.826. The number of nitrogens with zero attached hydrogens (tertiary/aromatic N) is 1. The molecule has 0 fully saturated rings. The highest BCUT2D eigenvalue weighted by atomic mass is 32.2. The van der Waals surface area contributed by atoms with E-state index in [1.165, 1.54) is 0 Å². The van der Waals surface area contributed by atoms with E-state index in [1.54, 1.807) is 24.9 Å². The van der Waals surface area contributed by atoms with Crippen molar-refractivity contribution in [3.8, 4) is 5.75 Å². The molecular formula is C17H20N2O2S. The van der Waals surface area contributed by atoms with Crippen LogP contribution in [0.15, 0.2) is 53.6 Å². The molecule has 0 saturated carbocycles. The van der Waals surface area contributed by atoms with Gasteiger partial charge in [0.25, 0.3) is 5.91 Å². The molecule has 0 spiro atoms. The number of amides is 1. The molecule has 0 unspecified atom stereocenters. The van der Waals surface area contributed by atoms with Gasteiger partial charge in [-0.1, -0.05) is 6.07 Å². The van der Waals surface area contributed by atoms with Crippen molar-refractivity contribution in [2.75, 3.05) is 6.26 Å². The summed E-state index contributed by atoms with van der Waals surface area (Å²) in [7, 11) is 0. The van der Waals surface area contributed by atoms with Crippen LogP contribution in [0, 0.1) is 0 Å². The Morgan fingerprint density at radius 2 is 1.91 bits per heavy atom. The van der Waals surface area contributed by atoms with Crippen molar-refractivity contribution in [2.24, 2.45) is 0 Å². The van der Waals surface area contributed by atoms with Crippen molar-refractivity contribution in [2.45, 2.75) is 30.9 Å². The second kappa shape index (κ2) is 7.84. The highest BCUT2D eigenvalue weighted by Crippen LogP contribution is 2.20. The summed E-state index contributed by atoms with van der Waals surface area (Å²) in [6.07, 6.45) is 3.17. The molecule has 0 aliphatic rings. The highest BCUT2D eigenvalue weighted by molar-refractivity contribution is 7.98. The van der Waals surface area contributed by atoms with Gasteiger partial charge in [-0.15, -0.1) is 11.8 Å². The van der Waals surface area contributed by atoms with Gasteiger partial charge in [0.1, 0.15) is 5.75 Å². The number of aromatic nitrogens is 1. The zero-order valence-electron chi connectivity index (χ0n) is 12.9. The van der Waals surface area contributed by atoms with Gasteiger partial charge in [-0.05, 0) is 56.5 Å². The average Bonchev–Trinajstić information content (AvgIpc) is 2.56. The molecule has 1 heterocycles. The molecular weight excluding hydrogens is 296 g/mol. The van der Waals surface area contributed by atoms with Crippen molar-refractivity contribution in [3.05, 3.63) is 54.4 Å². The fourth-order valence-corrected chi connectivity index (χ4v) is 2.36. The predicted molar refractivity (Wildman–Crippen MR) is 89.1 cm³/mol. The zero-order valence-corrected chi connectivity index (χ0v) is 13.8. The van der Waals surface area contributed by atoms with Crippen LogP contribution in [0.25, 0.3) is 0 Å². The Morgan fingerprint density at radius 3 is 2.50 bits per heavy atom. The van der Waals surface area contributed by atoms with Crippen LogP contribution in [-0.2, 0) is 4.79 Å². The Morgan fingerprint density at radius 1 is 1.18 bits per heavy atom. The third-order valence-electron chi connectivity index (χ3n) is 3.23. The van der Waals surface area contributed by atoms with Gasteiger partial charge in [0, 0.05) is 11.1 Å². The van der Waals surface area contributed by atoms with Crippen molar-refractivity contribution in [1.82, 2.24) is 10.3 Å². The van der Waals surface area contributed by atoms with Gasteiger partial charge >= 0.3 is 0 Å². The van der Waals surface area contributed by atoms with E-state index >= 15 is 0 Å². The number of carbonyl (C=O) groups excluding carboxylic acids is 1. The van der Waals surface area contributed by atoms with E-state index in [2.05, 4.69) is 10.3 Å². The number of rotatable bonds is 6. The number of hydrogen-bond donors (Lipinski definition) is 1. The van der Waals surface area contributed by atoms with Crippen molar-refractivity contribution < 1.29 is 9.53 Å². The normalized spacial score (nSPS) is 13.2. The quantitative estimate of drug-likeness (QED) is 0.829. The van der Waals surface area contributed by atoms with Gasteiger partial charge in [-0.3, -0.25) is 9.78 Å². The summed E-state index contributed by atoms with van der Waals surface area (Å²) in [6, 6.07) is 13.2. The van der Waals surface area contributed by atoms with E-state index in [4.69, 9.17) is 4.74 Å². The Labute approximate surface area is 135 Å². The highest BCUT2D eigenvalue weighted by Gasteiger charge is 2.18. The summed E-state index contributed by atoms with van der Waals surface area (Å²) >= 11 is 1.67. The molecule has 2 rings (SSSR count). The Balaban J connectivity index is 1.91. The van der Waals surface area contributed by atoms with Gasteiger partial charge < -0.3 is 10.1 Å². The maximum Gasteiger partial charge on any atom is 0.261 e. The topological polar surface area (TPSA) is 51.2 Å². The molecule has 1 aromatic carbocycles. The Kier molecular flexibility index (Phi) is 5.83. The van der Waals surface area contributed by atoms with Gasteiger partial charge in [-0.2, -0.15) is 0 Å². The van der Waals surface area contributed by atoms with Crippen LogP contribution in [0.1, 0.15) is 25.6 Å². The zero-order chi connectivity index (χ0) is 15.9. The second-order valence-electron chi connectivity index (χ2n) is 4.92. The molecule has 22 heavy (non-hydrogen) atoms.